The van der Waals surface area contributed by atoms with Crippen molar-refractivity contribution in [1.82, 2.24) is 10.2 Å². The van der Waals surface area contributed by atoms with Crippen LogP contribution < -0.4 is 5.32 Å². The van der Waals surface area contributed by atoms with Crippen LogP contribution in [-0.2, 0) is 17.4 Å². The predicted octanol–water partition coefficient (Wildman–Crippen LogP) is 3.88. The van der Waals surface area contributed by atoms with Crippen molar-refractivity contribution < 1.29 is 18.0 Å². The van der Waals surface area contributed by atoms with Crippen LogP contribution >= 0.6 is 11.6 Å². The topological polar surface area (TPSA) is 57.8 Å². The third-order valence-corrected chi connectivity index (χ3v) is 3.52. The van der Waals surface area contributed by atoms with E-state index in [4.69, 9.17) is 11.6 Å². The SMILES string of the molecule is Cc1n[nH]c(C)c1CC(=O)Nc1cc(C(F)(F)F)ccc1Cl. The van der Waals surface area contributed by atoms with Crippen molar-refractivity contribution in [3.63, 3.8) is 0 Å². The molecule has 1 aromatic heterocycles. The van der Waals surface area contributed by atoms with Gasteiger partial charge < -0.3 is 5.32 Å². The molecule has 2 aromatic rings. The van der Waals surface area contributed by atoms with Crippen LogP contribution in [0.1, 0.15) is 22.5 Å². The molecule has 0 saturated heterocycles. The number of carbonyl (C=O) groups excluding carboxylic acids is 1. The summed E-state index contributed by atoms with van der Waals surface area (Å²) in [5, 5.41) is 9.15. The van der Waals surface area contributed by atoms with E-state index in [-0.39, 0.29) is 17.1 Å². The number of aromatic amines is 1. The zero-order valence-electron chi connectivity index (χ0n) is 11.8. The van der Waals surface area contributed by atoms with Crippen molar-refractivity contribution in [3.05, 3.63) is 45.7 Å². The van der Waals surface area contributed by atoms with Crippen molar-refractivity contribution >= 4 is 23.2 Å². The monoisotopic (exact) mass is 331 g/mol. The molecule has 2 rings (SSSR count). The Kier molecular flexibility index (Phi) is 4.46. The zero-order valence-corrected chi connectivity index (χ0v) is 12.6. The van der Waals surface area contributed by atoms with Gasteiger partial charge in [-0.1, -0.05) is 11.6 Å². The number of amides is 1. The number of anilines is 1. The quantitative estimate of drug-likeness (QED) is 0.896. The van der Waals surface area contributed by atoms with Gasteiger partial charge in [0.1, 0.15) is 0 Å². The van der Waals surface area contributed by atoms with E-state index in [1.165, 1.54) is 0 Å². The number of hydrogen-bond acceptors (Lipinski definition) is 2. The minimum absolute atomic E-state index is 0.000735. The number of carbonyl (C=O) groups is 1. The van der Waals surface area contributed by atoms with Crippen molar-refractivity contribution in [2.45, 2.75) is 26.4 Å². The molecule has 1 aromatic carbocycles. The van der Waals surface area contributed by atoms with Gasteiger partial charge in [0.25, 0.3) is 0 Å². The molecule has 0 spiro atoms. The minimum Gasteiger partial charge on any atom is -0.324 e. The summed E-state index contributed by atoms with van der Waals surface area (Å²) >= 11 is 5.83. The Morgan fingerprint density at radius 1 is 1.36 bits per heavy atom. The van der Waals surface area contributed by atoms with Crippen LogP contribution in [0, 0.1) is 13.8 Å². The Balaban J connectivity index is 2.18. The molecule has 2 N–H and O–H groups in total. The summed E-state index contributed by atoms with van der Waals surface area (Å²) in [5.41, 5.74) is 1.18. The smallest absolute Gasteiger partial charge is 0.324 e. The summed E-state index contributed by atoms with van der Waals surface area (Å²) < 4.78 is 38.0. The van der Waals surface area contributed by atoms with Crippen molar-refractivity contribution in [2.24, 2.45) is 0 Å². The molecule has 0 bridgehead atoms. The van der Waals surface area contributed by atoms with E-state index < -0.39 is 17.6 Å². The highest BCUT2D eigenvalue weighted by Gasteiger charge is 2.31. The maximum absolute atomic E-state index is 12.7. The lowest BCUT2D eigenvalue weighted by Gasteiger charge is -2.11. The standard InChI is InChI=1S/C14H13ClF3N3O/c1-7-10(8(2)21-20-7)6-13(22)19-12-5-9(14(16,17)18)3-4-11(12)15/h3-5H,6H2,1-2H3,(H,19,22)(H,20,21). The Labute approximate surface area is 129 Å². The minimum atomic E-state index is -4.50. The fourth-order valence-corrected chi connectivity index (χ4v) is 2.15. The molecule has 8 heteroatoms. The van der Waals surface area contributed by atoms with Crippen LogP contribution in [0.4, 0.5) is 18.9 Å². The van der Waals surface area contributed by atoms with E-state index in [1.54, 1.807) is 13.8 Å². The van der Waals surface area contributed by atoms with Crippen LogP contribution in [0.15, 0.2) is 18.2 Å². The Morgan fingerprint density at radius 2 is 2.05 bits per heavy atom. The molecule has 0 aliphatic heterocycles. The molecule has 1 heterocycles. The van der Waals surface area contributed by atoms with Gasteiger partial charge >= 0.3 is 6.18 Å². The second-order valence-corrected chi connectivity index (χ2v) is 5.24. The summed E-state index contributed by atoms with van der Waals surface area (Å²) in [7, 11) is 0. The first kappa shape index (κ1) is 16.4. The summed E-state index contributed by atoms with van der Waals surface area (Å²) in [6, 6.07) is 2.78. The normalized spacial score (nSPS) is 11.5. The summed E-state index contributed by atoms with van der Waals surface area (Å²) in [6.45, 7) is 3.50. The van der Waals surface area contributed by atoms with Crippen molar-refractivity contribution in [3.8, 4) is 0 Å². The molecule has 0 aliphatic rings. The van der Waals surface area contributed by atoms with Crippen molar-refractivity contribution in [1.29, 1.82) is 0 Å². The number of nitrogens with zero attached hydrogens (tertiary/aromatic N) is 1. The molecule has 0 radical (unpaired) electrons. The molecule has 4 nitrogen and oxygen atoms in total. The number of halogens is 4. The number of hydrogen-bond donors (Lipinski definition) is 2. The highest BCUT2D eigenvalue weighted by atomic mass is 35.5. The third-order valence-electron chi connectivity index (χ3n) is 3.19. The van der Waals surface area contributed by atoms with E-state index in [2.05, 4.69) is 15.5 Å². The first-order chi connectivity index (χ1) is 10.2. The number of aromatic nitrogens is 2. The Hall–Kier alpha value is -2.02. The number of benzene rings is 1. The summed E-state index contributed by atoms with van der Waals surface area (Å²) in [6.07, 6.45) is -4.50. The predicted molar refractivity (Wildman–Crippen MR) is 76.8 cm³/mol. The van der Waals surface area contributed by atoms with Gasteiger partial charge in [0.2, 0.25) is 5.91 Å². The van der Waals surface area contributed by atoms with E-state index >= 15 is 0 Å². The van der Waals surface area contributed by atoms with Gasteiger partial charge in [-0.05, 0) is 32.0 Å². The number of rotatable bonds is 3. The average Bonchev–Trinajstić information content (AvgIpc) is 2.72. The van der Waals surface area contributed by atoms with Crippen LogP contribution in [-0.4, -0.2) is 16.1 Å². The van der Waals surface area contributed by atoms with Crippen LogP contribution in [0.3, 0.4) is 0 Å². The van der Waals surface area contributed by atoms with Gasteiger partial charge in [-0.3, -0.25) is 9.89 Å². The average molecular weight is 332 g/mol. The summed E-state index contributed by atoms with van der Waals surface area (Å²) in [4.78, 5) is 12.0. The van der Waals surface area contributed by atoms with Crippen LogP contribution in [0.2, 0.25) is 5.02 Å². The zero-order chi connectivity index (χ0) is 16.5. The first-order valence-electron chi connectivity index (χ1n) is 6.35. The maximum atomic E-state index is 12.7. The van der Waals surface area contributed by atoms with Crippen LogP contribution in [0.25, 0.3) is 0 Å². The van der Waals surface area contributed by atoms with Gasteiger partial charge in [-0.2, -0.15) is 18.3 Å². The largest absolute Gasteiger partial charge is 0.416 e. The highest BCUT2D eigenvalue weighted by molar-refractivity contribution is 6.33. The fourth-order valence-electron chi connectivity index (χ4n) is 1.99. The lowest BCUT2D eigenvalue weighted by molar-refractivity contribution is -0.137. The lowest BCUT2D eigenvalue weighted by atomic mass is 10.1. The molecule has 0 atom stereocenters. The van der Waals surface area contributed by atoms with Gasteiger partial charge in [0, 0.05) is 11.3 Å². The molecule has 0 fully saturated rings. The molecular weight excluding hydrogens is 319 g/mol. The Morgan fingerprint density at radius 3 is 2.59 bits per heavy atom. The molecular formula is C14H13ClF3N3O. The maximum Gasteiger partial charge on any atom is 0.416 e. The molecule has 0 aliphatic carbocycles. The van der Waals surface area contributed by atoms with E-state index in [0.717, 1.165) is 23.9 Å². The summed E-state index contributed by atoms with van der Waals surface area (Å²) in [5.74, 6) is -0.464. The highest BCUT2D eigenvalue weighted by Crippen LogP contribution is 2.33. The second kappa shape index (κ2) is 6.00. The number of nitrogens with one attached hydrogen (secondary N) is 2. The molecule has 0 unspecified atom stereocenters. The number of aryl methyl sites for hydroxylation is 2. The lowest BCUT2D eigenvalue weighted by Crippen LogP contribution is -2.16. The van der Waals surface area contributed by atoms with E-state index in [1.807, 2.05) is 0 Å². The Bertz CT molecular complexity index is 690. The van der Waals surface area contributed by atoms with Gasteiger partial charge in [0.05, 0.1) is 28.4 Å². The van der Waals surface area contributed by atoms with Crippen molar-refractivity contribution in [2.75, 3.05) is 5.32 Å². The van der Waals surface area contributed by atoms with Gasteiger partial charge in [0.15, 0.2) is 0 Å². The third kappa shape index (κ3) is 3.59. The molecule has 118 valence electrons. The second-order valence-electron chi connectivity index (χ2n) is 4.83. The first-order valence-corrected chi connectivity index (χ1v) is 6.73. The van der Waals surface area contributed by atoms with Gasteiger partial charge in [-0.25, -0.2) is 0 Å². The van der Waals surface area contributed by atoms with E-state index in [0.29, 0.717) is 11.3 Å². The van der Waals surface area contributed by atoms with E-state index in [9.17, 15) is 18.0 Å². The number of H-pyrrole nitrogens is 1. The molecule has 0 saturated carbocycles. The fraction of sp³-hybridized carbons (Fsp3) is 0.286. The van der Waals surface area contributed by atoms with Gasteiger partial charge in [-0.15, -0.1) is 0 Å². The molecule has 22 heavy (non-hydrogen) atoms. The molecule has 1 amide bonds. The van der Waals surface area contributed by atoms with Crippen LogP contribution in [0.5, 0.6) is 0 Å². The number of alkyl halides is 3.